The molecule has 19 heteroatoms. The lowest BCUT2D eigenvalue weighted by Crippen LogP contribution is -2.66. The molecule has 43 heavy (non-hydrogen) atoms. The molecule has 4 aliphatic heterocycles. The van der Waals surface area contributed by atoms with Crippen LogP contribution in [-0.4, -0.2) is 204 Å². The number of nitrogens with one attached hydrogen (secondary N) is 1. The molecule has 4 fully saturated rings. The van der Waals surface area contributed by atoms with Crippen LogP contribution < -0.4 is 5.32 Å². The summed E-state index contributed by atoms with van der Waals surface area (Å²) in [6.45, 7) is -0.260. The summed E-state index contributed by atoms with van der Waals surface area (Å²) in [6.07, 6.45) is -30.1. The minimum absolute atomic E-state index is 0.0492. The SMILES string of the molecule is C[C@H]1O[C@H](O[C@H]2[C@H](O)[C@@H](O)[C@@H](O[C@H]3[C@H](O)[C@@H](O)CNC[C@H]3O)O[C@@H]2CO)[C@H](O)[C@@H](O)[C@@H]1O[C@H]1O[C@H](CO)[C@@H](O)[C@H](O)[C@H]1O. The van der Waals surface area contributed by atoms with Gasteiger partial charge in [0.1, 0.15) is 79.4 Å². The predicted octanol–water partition coefficient (Wildman–Crippen LogP) is -8.47. The van der Waals surface area contributed by atoms with Crippen molar-refractivity contribution >= 4 is 0 Å². The van der Waals surface area contributed by atoms with Crippen molar-refractivity contribution in [2.75, 3.05) is 26.3 Å². The monoisotopic (exact) mass is 633 g/mol. The van der Waals surface area contributed by atoms with Crippen LogP contribution in [0.1, 0.15) is 6.92 Å². The fourth-order valence-corrected chi connectivity index (χ4v) is 5.52. The van der Waals surface area contributed by atoms with Crippen molar-refractivity contribution in [2.45, 2.75) is 123 Å². The molecular formula is C24H43NO18. The van der Waals surface area contributed by atoms with E-state index >= 15 is 0 Å². The molecule has 0 amide bonds. The summed E-state index contributed by atoms with van der Waals surface area (Å²) in [5.41, 5.74) is 0. The van der Waals surface area contributed by atoms with Crippen molar-refractivity contribution < 1.29 is 89.7 Å². The average molecular weight is 634 g/mol. The van der Waals surface area contributed by atoms with Crippen LogP contribution >= 0.6 is 0 Å². The first kappa shape index (κ1) is 35.1. The van der Waals surface area contributed by atoms with E-state index in [1.54, 1.807) is 0 Å². The Bertz CT molecular complexity index is 872. The van der Waals surface area contributed by atoms with Crippen LogP contribution in [0.25, 0.3) is 0 Å². The zero-order valence-corrected chi connectivity index (χ0v) is 23.1. The fourth-order valence-electron chi connectivity index (χ4n) is 5.52. The van der Waals surface area contributed by atoms with Crippen LogP contribution in [0.2, 0.25) is 0 Å². The van der Waals surface area contributed by atoms with Gasteiger partial charge in [0.15, 0.2) is 18.9 Å². The Labute approximate surface area is 245 Å². The molecule has 13 N–H and O–H groups in total. The largest absolute Gasteiger partial charge is 0.394 e. The molecule has 4 heterocycles. The molecule has 0 unspecified atom stereocenters. The second-order valence-electron chi connectivity index (χ2n) is 11.2. The first-order chi connectivity index (χ1) is 20.3. The molecule has 252 valence electrons. The van der Waals surface area contributed by atoms with E-state index in [4.69, 9.17) is 28.4 Å². The molecule has 0 saturated carbocycles. The molecule has 0 spiro atoms. The molecule has 0 bridgehead atoms. The summed E-state index contributed by atoms with van der Waals surface area (Å²) < 4.78 is 33.2. The van der Waals surface area contributed by atoms with Crippen LogP contribution in [0.5, 0.6) is 0 Å². The number of β-amino-alcohol motifs (C(OH)–C–C–N with tert-alkyl or cyclic N) is 2. The Morgan fingerprint density at radius 2 is 0.977 bits per heavy atom. The average Bonchev–Trinajstić information content (AvgIpc) is 3.10. The number of hydrogen-bond acceptors (Lipinski definition) is 19. The van der Waals surface area contributed by atoms with Gasteiger partial charge >= 0.3 is 0 Å². The van der Waals surface area contributed by atoms with Gasteiger partial charge in [0.05, 0.1) is 31.5 Å². The van der Waals surface area contributed by atoms with Gasteiger partial charge in [-0.2, -0.15) is 0 Å². The van der Waals surface area contributed by atoms with Crippen LogP contribution in [0.4, 0.5) is 0 Å². The number of hydrogen-bond donors (Lipinski definition) is 13. The fraction of sp³-hybridized carbons (Fsp3) is 1.00. The number of aliphatic hydroxyl groups is 12. The van der Waals surface area contributed by atoms with Crippen molar-refractivity contribution in [3.63, 3.8) is 0 Å². The van der Waals surface area contributed by atoms with Crippen molar-refractivity contribution in [1.82, 2.24) is 5.32 Å². The molecule has 4 rings (SSSR count). The van der Waals surface area contributed by atoms with E-state index in [-0.39, 0.29) is 13.1 Å². The molecule has 0 aliphatic carbocycles. The highest BCUT2D eigenvalue weighted by molar-refractivity contribution is 4.97. The van der Waals surface area contributed by atoms with Gasteiger partial charge in [0.2, 0.25) is 0 Å². The Morgan fingerprint density at radius 3 is 1.58 bits per heavy atom. The predicted molar refractivity (Wildman–Crippen MR) is 133 cm³/mol. The van der Waals surface area contributed by atoms with E-state index in [0.717, 1.165) is 0 Å². The first-order valence-corrected chi connectivity index (χ1v) is 14.0. The number of ether oxygens (including phenoxy) is 6. The van der Waals surface area contributed by atoms with Gasteiger partial charge in [0.25, 0.3) is 0 Å². The zero-order chi connectivity index (χ0) is 31.7. The van der Waals surface area contributed by atoms with E-state index in [2.05, 4.69) is 5.32 Å². The van der Waals surface area contributed by atoms with Gasteiger partial charge < -0.3 is 95.0 Å². The highest BCUT2D eigenvalue weighted by Crippen LogP contribution is 2.33. The van der Waals surface area contributed by atoms with Crippen LogP contribution in [0.15, 0.2) is 0 Å². The maximum Gasteiger partial charge on any atom is 0.187 e. The minimum atomic E-state index is -1.88. The van der Waals surface area contributed by atoms with Crippen molar-refractivity contribution in [1.29, 1.82) is 0 Å². The van der Waals surface area contributed by atoms with Gasteiger partial charge in [-0.25, -0.2) is 0 Å². The minimum Gasteiger partial charge on any atom is -0.394 e. The maximum absolute atomic E-state index is 10.9. The number of rotatable bonds is 8. The summed E-state index contributed by atoms with van der Waals surface area (Å²) in [4.78, 5) is 0. The van der Waals surface area contributed by atoms with E-state index < -0.39 is 130 Å². The summed E-state index contributed by atoms with van der Waals surface area (Å²) >= 11 is 0. The topological polar surface area (TPSA) is 310 Å². The third-order valence-electron chi connectivity index (χ3n) is 8.14. The highest BCUT2D eigenvalue weighted by Gasteiger charge is 2.53. The summed E-state index contributed by atoms with van der Waals surface area (Å²) in [6, 6.07) is 0. The Balaban J connectivity index is 1.40. The van der Waals surface area contributed by atoms with E-state index in [9.17, 15) is 61.3 Å². The van der Waals surface area contributed by atoms with Gasteiger partial charge in [-0.15, -0.1) is 0 Å². The lowest BCUT2D eigenvalue weighted by molar-refractivity contribution is -0.379. The van der Waals surface area contributed by atoms with Gasteiger partial charge in [-0.05, 0) is 6.92 Å². The summed E-state index contributed by atoms with van der Waals surface area (Å²) in [5.74, 6) is 0. The van der Waals surface area contributed by atoms with Crippen molar-refractivity contribution in [2.24, 2.45) is 0 Å². The van der Waals surface area contributed by atoms with E-state index in [1.807, 2.05) is 0 Å². The molecule has 0 aromatic carbocycles. The Kier molecular flexibility index (Phi) is 12.1. The van der Waals surface area contributed by atoms with Crippen LogP contribution in [0, 0.1) is 0 Å². The third kappa shape index (κ3) is 7.30. The van der Waals surface area contributed by atoms with E-state index in [0.29, 0.717) is 0 Å². The molecule has 0 radical (unpaired) electrons. The number of aliphatic hydroxyl groups excluding tert-OH is 12. The Morgan fingerprint density at radius 1 is 0.512 bits per heavy atom. The lowest BCUT2D eigenvalue weighted by Gasteiger charge is -2.48. The highest BCUT2D eigenvalue weighted by atomic mass is 16.8. The lowest BCUT2D eigenvalue weighted by atomic mass is 9.96. The van der Waals surface area contributed by atoms with Crippen LogP contribution in [0.3, 0.4) is 0 Å². The summed E-state index contributed by atoms with van der Waals surface area (Å²) in [7, 11) is 0. The van der Waals surface area contributed by atoms with E-state index in [1.165, 1.54) is 6.92 Å². The maximum atomic E-state index is 10.9. The first-order valence-electron chi connectivity index (χ1n) is 14.0. The molecule has 0 aromatic heterocycles. The molecule has 4 aliphatic rings. The van der Waals surface area contributed by atoms with Crippen molar-refractivity contribution in [3.05, 3.63) is 0 Å². The van der Waals surface area contributed by atoms with Gasteiger partial charge in [-0.3, -0.25) is 0 Å². The molecular weight excluding hydrogens is 590 g/mol. The van der Waals surface area contributed by atoms with Crippen molar-refractivity contribution in [3.8, 4) is 0 Å². The zero-order valence-electron chi connectivity index (χ0n) is 23.1. The molecule has 19 atom stereocenters. The second kappa shape index (κ2) is 14.8. The molecule has 0 aromatic rings. The summed E-state index contributed by atoms with van der Waals surface area (Å²) in [5, 5.41) is 126. The standard InChI is InChI=1S/C24H43NO18/c1-6-19(41-23-16(35)13(32)12(31)9(4-26)39-23)14(33)17(36)22(38-6)43-21-10(5-27)40-24(18(37)15(21)34)42-20-8(29)3-25-2-7(28)11(20)30/h6-37H,2-5H2,1H3/t6-,7+,8-,9-,10-,11-,12-,13+,14-,15-,16-,17-,18-,19-,20-,21-,22-,23-,24-/m1/s1. The smallest absolute Gasteiger partial charge is 0.187 e. The normalized spacial score (nSPS) is 53.4. The van der Waals surface area contributed by atoms with Crippen LogP contribution in [-0.2, 0) is 28.4 Å². The third-order valence-corrected chi connectivity index (χ3v) is 8.14. The van der Waals surface area contributed by atoms with Gasteiger partial charge in [0, 0.05) is 13.1 Å². The second-order valence-corrected chi connectivity index (χ2v) is 11.2. The molecule has 4 saturated heterocycles. The van der Waals surface area contributed by atoms with Gasteiger partial charge in [-0.1, -0.05) is 0 Å². The molecule has 19 nitrogen and oxygen atoms in total. The Hall–Kier alpha value is -0.760. The quantitative estimate of drug-likeness (QED) is 0.118.